The third-order valence-electron chi connectivity index (χ3n) is 3.99. The maximum absolute atomic E-state index is 4.51. The van der Waals surface area contributed by atoms with Crippen molar-refractivity contribution in [3.8, 4) is 0 Å². The number of aromatic nitrogens is 2. The zero-order valence-electron chi connectivity index (χ0n) is 11.1. The number of nitrogens with zero attached hydrogens (tertiary/aromatic N) is 3. The summed E-state index contributed by atoms with van der Waals surface area (Å²) in [6.45, 7) is 1.97. The van der Waals surface area contributed by atoms with Crippen LogP contribution in [0, 0.1) is 5.92 Å². The second kappa shape index (κ2) is 5.22. The standard InChI is InChI=1S/C14H22N4/c1-18(10-11-3-2-4-11)14-9-16-13(8-17-14)7-15-12-5-6-12/h8-9,11-12,15H,2-7,10H2,1H3. The molecule has 0 atom stereocenters. The average Bonchev–Trinajstić information content (AvgIpc) is 3.16. The van der Waals surface area contributed by atoms with Gasteiger partial charge < -0.3 is 10.2 Å². The summed E-state index contributed by atoms with van der Waals surface area (Å²) in [6, 6.07) is 0.729. The molecule has 3 rings (SSSR count). The van der Waals surface area contributed by atoms with Crippen molar-refractivity contribution in [1.82, 2.24) is 15.3 Å². The second-order valence-corrected chi connectivity index (χ2v) is 5.70. The van der Waals surface area contributed by atoms with Gasteiger partial charge in [0.05, 0.1) is 18.1 Å². The van der Waals surface area contributed by atoms with E-state index in [1.807, 2.05) is 12.4 Å². The van der Waals surface area contributed by atoms with Crippen LogP contribution in [0.3, 0.4) is 0 Å². The number of hydrogen-bond donors (Lipinski definition) is 1. The highest BCUT2D eigenvalue weighted by Gasteiger charge is 2.21. The first-order valence-corrected chi connectivity index (χ1v) is 7.07. The molecule has 1 N–H and O–H groups in total. The molecule has 1 heterocycles. The summed E-state index contributed by atoms with van der Waals surface area (Å²) in [5.74, 6) is 1.87. The van der Waals surface area contributed by atoms with Gasteiger partial charge in [-0.25, -0.2) is 4.98 Å². The van der Waals surface area contributed by atoms with Crippen molar-refractivity contribution in [2.45, 2.75) is 44.7 Å². The summed E-state index contributed by atoms with van der Waals surface area (Å²) < 4.78 is 0. The van der Waals surface area contributed by atoms with E-state index in [9.17, 15) is 0 Å². The molecular formula is C14H22N4. The number of anilines is 1. The van der Waals surface area contributed by atoms with E-state index in [2.05, 4.69) is 27.2 Å². The van der Waals surface area contributed by atoms with Crippen molar-refractivity contribution >= 4 is 5.82 Å². The van der Waals surface area contributed by atoms with Gasteiger partial charge in [0.1, 0.15) is 5.82 Å². The molecule has 4 nitrogen and oxygen atoms in total. The van der Waals surface area contributed by atoms with Crippen LogP contribution >= 0.6 is 0 Å². The fraction of sp³-hybridized carbons (Fsp3) is 0.714. The van der Waals surface area contributed by atoms with Crippen LogP contribution in [-0.2, 0) is 6.54 Å². The van der Waals surface area contributed by atoms with Gasteiger partial charge in [-0.2, -0.15) is 0 Å². The summed E-state index contributed by atoms with van der Waals surface area (Å²) >= 11 is 0. The van der Waals surface area contributed by atoms with Gasteiger partial charge in [0.25, 0.3) is 0 Å². The molecule has 18 heavy (non-hydrogen) atoms. The maximum Gasteiger partial charge on any atom is 0.146 e. The summed E-state index contributed by atoms with van der Waals surface area (Å²) in [4.78, 5) is 11.2. The minimum atomic E-state index is 0.729. The zero-order chi connectivity index (χ0) is 12.4. The molecule has 2 saturated carbocycles. The molecule has 0 aromatic carbocycles. The normalized spacial score (nSPS) is 19.6. The van der Waals surface area contributed by atoms with Crippen molar-refractivity contribution < 1.29 is 0 Å². The Kier molecular flexibility index (Phi) is 3.46. The third-order valence-corrected chi connectivity index (χ3v) is 3.99. The van der Waals surface area contributed by atoms with Crippen molar-refractivity contribution in [3.63, 3.8) is 0 Å². The van der Waals surface area contributed by atoms with Crippen LogP contribution in [0.2, 0.25) is 0 Å². The second-order valence-electron chi connectivity index (χ2n) is 5.70. The maximum atomic E-state index is 4.51. The van der Waals surface area contributed by atoms with E-state index in [0.717, 1.165) is 36.6 Å². The van der Waals surface area contributed by atoms with E-state index in [1.54, 1.807) is 0 Å². The monoisotopic (exact) mass is 246 g/mol. The number of hydrogen-bond acceptors (Lipinski definition) is 4. The highest BCUT2D eigenvalue weighted by molar-refractivity contribution is 5.34. The molecule has 0 spiro atoms. The lowest BCUT2D eigenvalue weighted by Gasteiger charge is -2.30. The summed E-state index contributed by atoms with van der Waals surface area (Å²) in [5, 5.41) is 3.46. The summed E-state index contributed by atoms with van der Waals surface area (Å²) in [6.07, 6.45) is 10.6. The van der Waals surface area contributed by atoms with E-state index < -0.39 is 0 Å². The molecule has 4 heteroatoms. The Bertz CT molecular complexity index is 381. The predicted molar refractivity (Wildman–Crippen MR) is 72.5 cm³/mol. The lowest BCUT2D eigenvalue weighted by atomic mass is 9.85. The zero-order valence-corrected chi connectivity index (χ0v) is 11.1. The SMILES string of the molecule is CN(CC1CCC1)c1cnc(CNC2CC2)cn1. The van der Waals surface area contributed by atoms with Crippen molar-refractivity contribution in [1.29, 1.82) is 0 Å². The van der Waals surface area contributed by atoms with Gasteiger partial charge in [0, 0.05) is 26.2 Å². The predicted octanol–water partition coefficient (Wildman–Crippen LogP) is 1.96. The average molecular weight is 246 g/mol. The fourth-order valence-electron chi connectivity index (χ4n) is 2.33. The van der Waals surface area contributed by atoms with Gasteiger partial charge in [0.2, 0.25) is 0 Å². The van der Waals surface area contributed by atoms with E-state index in [0.29, 0.717) is 0 Å². The highest BCUT2D eigenvalue weighted by Crippen LogP contribution is 2.27. The minimum absolute atomic E-state index is 0.729. The molecule has 2 aliphatic carbocycles. The molecule has 0 radical (unpaired) electrons. The molecule has 1 aromatic heterocycles. The van der Waals surface area contributed by atoms with Gasteiger partial charge in [-0.05, 0) is 31.6 Å². The Hall–Kier alpha value is -1.16. The van der Waals surface area contributed by atoms with Gasteiger partial charge in [-0.15, -0.1) is 0 Å². The first kappa shape index (κ1) is 11.9. The molecule has 1 aromatic rings. The first-order chi connectivity index (χ1) is 8.81. The molecule has 2 fully saturated rings. The molecule has 0 bridgehead atoms. The topological polar surface area (TPSA) is 41.1 Å². The smallest absolute Gasteiger partial charge is 0.146 e. The number of nitrogens with one attached hydrogen (secondary N) is 1. The van der Waals surface area contributed by atoms with E-state index in [-0.39, 0.29) is 0 Å². The molecule has 0 saturated heterocycles. The van der Waals surface area contributed by atoms with Crippen molar-refractivity contribution in [2.75, 3.05) is 18.5 Å². The van der Waals surface area contributed by atoms with Crippen LogP contribution in [0.15, 0.2) is 12.4 Å². The summed E-state index contributed by atoms with van der Waals surface area (Å²) in [5.41, 5.74) is 1.04. The lowest BCUT2D eigenvalue weighted by molar-refractivity contribution is 0.321. The van der Waals surface area contributed by atoms with Gasteiger partial charge in [-0.3, -0.25) is 4.98 Å². The molecule has 98 valence electrons. The fourth-order valence-corrected chi connectivity index (χ4v) is 2.33. The molecule has 2 aliphatic rings. The lowest BCUT2D eigenvalue weighted by Crippen LogP contribution is -2.30. The largest absolute Gasteiger partial charge is 0.358 e. The van der Waals surface area contributed by atoms with Crippen LogP contribution in [0.1, 0.15) is 37.8 Å². The van der Waals surface area contributed by atoms with Crippen molar-refractivity contribution in [3.05, 3.63) is 18.1 Å². The highest BCUT2D eigenvalue weighted by atomic mass is 15.2. The molecular weight excluding hydrogens is 224 g/mol. The van der Waals surface area contributed by atoms with Crippen LogP contribution < -0.4 is 10.2 Å². The van der Waals surface area contributed by atoms with Crippen LogP contribution in [0.25, 0.3) is 0 Å². The quantitative estimate of drug-likeness (QED) is 0.833. The van der Waals surface area contributed by atoms with Crippen LogP contribution in [0.5, 0.6) is 0 Å². The van der Waals surface area contributed by atoms with Gasteiger partial charge in [0.15, 0.2) is 0 Å². The minimum Gasteiger partial charge on any atom is -0.358 e. The Morgan fingerprint density at radius 2 is 2.06 bits per heavy atom. The van der Waals surface area contributed by atoms with Crippen LogP contribution in [0.4, 0.5) is 5.82 Å². The van der Waals surface area contributed by atoms with E-state index in [4.69, 9.17) is 0 Å². The Morgan fingerprint density at radius 3 is 2.61 bits per heavy atom. The van der Waals surface area contributed by atoms with Crippen molar-refractivity contribution in [2.24, 2.45) is 5.92 Å². The summed E-state index contributed by atoms with van der Waals surface area (Å²) in [7, 11) is 2.12. The Labute approximate surface area is 109 Å². The van der Waals surface area contributed by atoms with Gasteiger partial charge in [-0.1, -0.05) is 6.42 Å². The number of rotatable bonds is 6. The molecule has 0 aliphatic heterocycles. The van der Waals surface area contributed by atoms with E-state index in [1.165, 1.54) is 32.1 Å². The molecule has 0 unspecified atom stereocenters. The third kappa shape index (κ3) is 2.99. The molecule has 0 amide bonds. The Morgan fingerprint density at radius 1 is 1.22 bits per heavy atom. The van der Waals surface area contributed by atoms with Gasteiger partial charge >= 0.3 is 0 Å². The van der Waals surface area contributed by atoms with E-state index >= 15 is 0 Å². The first-order valence-electron chi connectivity index (χ1n) is 7.07. The van der Waals surface area contributed by atoms with Crippen LogP contribution in [-0.4, -0.2) is 29.6 Å². The Balaban J connectivity index is 1.51.